The van der Waals surface area contributed by atoms with E-state index in [9.17, 15) is 4.79 Å². The first-order valence-electron chi connectivity index (χ1n) is 15.7. The van der Waals surface area contributed by atoms with E-state index in [0.29, 0.717) is 10.9 Å². The van der Waals surface area contributed by atoms with Crippen molar-refractivity contribution in [3.05, 3.63) is 65.7 Å². The molecule has 0 aliphatic rings. The summed E-state index contributed by atoms with van der Waals surface area (Å²) in [5, 5.41) is 0. The maximum Gasteiger partial charge on any atom is 0.368 e. The topological polar surface area (TPSA) is 35.5 Å². The third kappa shape index (κ3) is 13.0. The van der Waals surface area contributed by atoms with E-state index in [0.717, 1.165) is 31.6 Å². The molecule has 2 aromatic carbocycles. The van der Waals surface area contributed by atoms with Crippen LogP contribution in [0.5, 0.6) is 5.75 Å². The zero-order valence-electron chi connectivity index (χ0n) is 25.6. The van der Waals surface area contributed by atoms with Crippen molar-refractivity contribution in [2.45, 2.75) is 130 Å². The second-order valence-electron chi connectivity index (χ2n) is 11.7. The van der Waals surface area contributed by atoms with Gasteiger partial charge in [-0.3, -0.25) is 0 Å². The second kappa shape index (κ2) is 18.9. The number of likely N-dealkylation sites (N-methyl/N-ethyl adjacent to an activating group) is 1. The van der Waals surface area contributed by atoms with Crippen molar-refractivity contribution in [3.8, 4) is 5.75 Å². The molecule has 0 saturated carbocycles. The number of nitrogens with zero attached hydrogens (tertiary/aromatic N) is 1. The first kappa shape index (κ1) is 32.9. The first-order valence-corrected chi connectivity index (χ1v) is 15.7. The number of carbonyl (C=O) groups excluding carboxylic acids is 1. The van der Waals surface area contributed by atoms with Crippen molar-refractivity contribution in [2.75, 3.05) is 14.1 Å². The Kier molecular flexibility index (Phi) is 15.9. The molecule has 4 nitrogen and oxygen atoms in total. The fourth-order valence-corrected chi connectivity index (χ4v) is 5.33. The highest BCUT2D eigenvalue weighted by Crippen LogP contribution is 2.23. The normalized spacial score (nSPS) is 13.2. The average Bonchev–Trinajstić information content (AvgIpc) is 2.92. The van der Waals surface area contributed by atoms with E-state index < -0.39 is 6.29 Å². The quantitative estimate of drug-likeness (QED) is 0.0687. The van der Waals surface area contributed by atoms with Crippen molar-refractivity contribution in [1.82, 2.24) is 0 Å². The van der Waals surface area contributed by atoms with Crippen molar-refractivity contribution >= 4 is 5.97 Å². The molecule has 2 aromatic rings. The summed E-state index contributed by atoms with van der Waals surface area (Å²) >= 11 is 0. The third-order valence-electron chi connectivity index (χ3n) is 7.68. The number of unbranched alkanes of at least 4 members (excludes halogenated alkanes) is 9. The van der Waals surface area contributed by atoms with Crippen LogP contribution in [0.3, 0.4) is 0 Å². The summed E-state index contributed by atoms with van der Waals surface area (Å²) < 4.78 is 12.7. The van der Waals surface area contributed by atoms with Gasteiger partial charge in [-0.2, -0.15) is 0 Å². The van der Waals surface area contributed by atoms with Crippen LogP contribution in [-0.2, 0) is 22.5 Å². The number of ether oxygens (including phenoxy) is 2. The molecule has 0 amide bonds. The van der Waals surface area contributed by atoms with Crippen molar-refractivity contribution in [2.24, 2.45) is 0 Å². The fourth-order valence-electron chi connectivity index (χ4n) is 5.33. The van der Waals surface area contributed by atoms with E-state index in [4.69, 9.17) is 9.47 Å². The predicted octanol–water partition coefficient (Wildman–Crippen LogP) is 9.25. The summed E-state index contributed by atoms with van der Waals surface area (Å²) in [6.45, 7) is 7.18. The van der Waals surface area contributed by atoms with E-state index >= 15 is 0 Å². The molecule has 218 valence electrons. The number of esters is 1. The number of benzene rings is 2. The summed E-state index contributed by atoms with van der Waals surface area (Å²) in [5.74, 6) is 0.607. The Hall–Kier alpha value is -2.33. The maximum absolute atomic E-state index is 13.4. The molecule has 0 fully saturated rings. The zero-order chi connectivity index (χ0) is 28.3. The average molecular weight is 539 g/mol. The van der Waals surface area contributed by atoms with Gasteiger partial charge in [0, 0.05) is 18.4 Å². The molecule has 0 radical (unpaired) electrons. The minimum absolute atomic E-state index is 0.175. The summed E-state index contributed by atoms with van der Waals surface area (Å²) in [7, 11) is 4.24. The van der Waals surface area contributed by atoms with Gasteiger partial charge in [0.05, 0.1) is 14.1 Å². The van der Waals surface area contributed by atoms with Crippen LogP contribution in [0.1, 0.15) is 115 Å². The highest BCUT2D eigenvalue weighted by Gasteiger charge is 2.37. The first-order chi connectivity index (χ1) is 18.9. The van der Waals surface area contributed by atoms with Crippen molar-refractivity contribution < 1.29 is 18.8 Å². The molecule has 2 unspecified atom stereocenters. The van der Waals surface area contributed by atoms with Crippen LogP contribution >= 0.6 is 0 Å². The van der Waals surface area contributed by atoms with Gasteiger partial charge in [-0.15, -0.1) is 0 Å². The minimum Gasteiger partial charge on any atom is -0.455 e. The van der Waals surface area contributed by atoms with Gasteiger partial charge in [-0.05, 0) is 37.0 Å². The summed E-state index contributed by atoms with van der Waals surface area (Å²) in [4.78, 5) is 13.4. The second-order valence-corrected chi connectivity index (χ2v) is 11.7. The van der Waals surface area contributed by atoms with E-state index in [1.54, 1.807) is 0 Å². The molecule has 4 heteroatoms. The van der Waals surface area contributed by atoms with Crippen LogP contribution in [0.4, 0.5) is 0 Å². The number of hydrogen-bond donors (Lipinski definition) is 0. The summed E-state index contributed by atoms with van der Waals surface area (Å²) in [5.41, 5.74) is 2.51. The van der Waals surface area contributed by atoms with Crippen LogP contribution < -0.4 is 4.74 Å². The molecule has 39 heavy (non-hydrogen) atoms. The van der Waals surface area contributed by atoms with Gasteiger partial charge in [-0.1, -0.05) is 121 Å². The Bertz CT molecular complexity index is 911. The van der Waals surface area contributed by atoms with E-state index in [1.165, 1.54) is 75.3 Å². The van der Waals surface area contributed by atoms with Gasteiger partial charge in [-0.25, -0.2) is 4.79 Å². The fraction of sp³-hybridized carbons (Fsp3) is 0.629. The van der Waals surface area contributed by atoms with E-state index in [1.807, 2.05) is 31.2 Å². The molecule has 2 atom stereocenters. The smallest absolute Gasteiger partial charge is 0.368 e. The molecule has 2 rings (SSSR count). The number of carbonyl (C=O) groups is 1. The monoisotopic (exact) mass is 538 g/mol. The van der Waals surface area contributed by atoms with Crippen LogP contribution in [0.2, 0.25) is 0 Å². The van der Waals surface area contributed by atoms with Crippen LogP contribution in [-0.4, -0.2) is 36.9 Å². The molecular formula is C35H56NO3+. The number of rotatable bonds is 21. The lowest BCUT2D eigenvalue weighted by atomic mass is 10.0. The Labute approximate surface area is 239 Å². The molecule has 0 aliphatic carbocycles. The number of quaternary nitrogens is 1. The van der Waals surface area contributed by atoms with Gasteiger partial charge in [0.25, 0.3) is 0 Å². The Morgan fingerprint density at radius 1 is 0.744 bits per heavy atom. The predicted molar refractivity (Wildman–Crippen MR) is 164 cm³/mol. The summed E-state index contributed by atoms with van der Waals surface area (Å²) in [6.07, 6.45) is 16.3. The highest BCUT2D eigenvalue weighted by molar-refractivity contribution is 5.74. The zero-order valence-corrected chi connectivity index (χ0v) is 25.6. The van der Waals surface area contributed by atoms with Gasteiger partial charge in [0.15, 0.2) is 6.04 Å². The largest absolute Gasteiger partial charge is 0.455 e. The highest BCUT2D eigenvalue weighted by atomic mass is 16.7. The van der Waals surface area contributed by atoms with Gasteiger partial charge >= 0.3 is 5.97 Å². The van der Waals surface area contributed by atoms with Gasteiger partial charge < -0.3 is 14.0 Å². The molecule has 0 aliphatic heterocycles. The maximum atomic E-state index is 13.4. The lowest BCUT2D eigenvalue weighted by Gasteiger charge is -2.37. The Morgan fingerprint density at radius 2 is 1.36 bits per heavy atom. The number of aryl methyl sites for hydroxylation is 1. The number of hydrogen-bond acceptors (Lipinski definition) is 3. The Balaban J connectivity index is 1.83. The summed E-state index contributed by atoms with van der Waals surface area (Å²) in [6, 6.07) is 18.4. The molecule has 0 heterocycles. The molecule has 0 aromatic heterocycles. The van der Waals surface area contributed by atoms with Crippen molar-refractivity contribution in [1.29, 1.82) is 0 Å². The van der Waals surface area contributed by atoms with E-state index in [2.05, 4.69) is 58.3 Å². The van der Waals surface area contributed by atoms with Gasteiger partial charge in [0.1, 0.15) is 12.3 Å². The SMILES string of the molecule is CCCCCCCCCCCCc1cccc(OC(CC)OC(=O)C(CCC)[N+](C)(C)Cc2ccccc2)c1. The lowest BCUT2D eigenvalue weighted by Crippen LogP contribution is -2.53. The molecular weight excluding hydrogens is 482 g/mol. The Morgan fingerprint density at radius 3 is 1.97 bits per heavy atom. The molecule has 0 N–H and O–H groups in total. The van der Waals surface area contributed by atoms with Crippen molar-refractivity contribution in [3.63, 3.8) is 0 Å². The minimum atomic E-state index is -0.582. The third-order valence-corrected chi connectivity index (χ3v) is 7.68. The van der Waals surface area contributed by atoms with Gasteiger partial charge in [0.2, 0.25) is 6.29 Å². The molecule has 0 bridgehead atoms. The molecule has 0 spiro atoms. The van der Waals surface area contributed by atoms with Crippen LogP contribution in [0.15, 0.2) is 54.6 Å². The van der Waals surface area contributed by atoms with Crippen LogP contribution in [0, 0.1) is 0 Å². The van der Waals surface area contributed by atoms with Crippen LogP contribution in [0.25, 0.3) is 0 Å². The van der Waals surface area contributed by atoms with E-state index in [-0.39, 0.29) is 12.0 Å². The standard InChI is InChI=1S/C35H56NO3/c1-6-9-10-11-12-13-14-15-16-18-23-30-26-21-27-32(28-30)38-34(8-3)39-35(37)33(22-7-2)36(4,5)29-31-24-19-17-20-25-31/h17,19-21,24-28,33-34H,6-16,18,22-23,29H2,1-5H3/q+1. The molecule has 0 saturated heterocycles. The lowest BCUT2D eigenvalue weighted by molar-refractivity contribution is -0.920.